The number of esters is 3. The Hall–Kier alpha value is -1.59. The first kappa shape index (κ1) is 56.4. The van der Waals surface area contributed by atoms with E-state index in [1.165, 1.54) is 199 Å². The number of unbranched alkanes of at least 4 members (excludes halogenated alkanes) is 37. The molecule has 0 radical (unpaired) electrons. The number of carbonyl (C=O) groups excluding carboxylic acids is 3. The molecule has 0 unspecified atom stereocenters. The van der Waals surface area contributed by atoms with Crippen molar-refractivity contribution in [2.45, 2.75) is 303 Å². The summed E-state index contributed by atoms with van der Waals surface area (Å²) in [5.74, 6) is -0.844. The lowest BCUT2D eigenvalue weighted by atomic mass is 10.0. The Balaban J connectivity index is 4.23. The van der Waals surface area contributed by atoms with Crippen LogP contribution in [0.5, 0.6) is 0 Å². The smallest absolute Gasteiger partial charge is 0.306 e. The molecule has 0 aromatic rings. The average Bonchev–Trinajstić information content (AvgIpc) is 3.22. The van der Waals surface area contributed by atoms with E-state index >= 15 is 0 Å². The number of ether oxygens (including phenoxy) is 3. The molecule has 6 nitrogen and oxygen atoms in total. The molecule has 0 aliphatic carbocycles. The van der Waals surface area contributed by atoms with Gasteiger partial charge in [-0.2, -0.15) is 0 Å². The average molecular weight is 821 g/mol. The predicted octanol–water partition coefficient (Wildman–Crippen LogP) is 16.8. The van der Waals surface area contributed by atoms with E-state index in [4.69, 9.17) is 14.2 Å². The molecule has 6 heteroatoms. The van der Waals surface area contributed by atoms with E-state index in [9.17, 15) is 14.4 Å². The predicted molar refractivity (Wildman–Crippen MR) is 247 cm³/mol. The van der Waals surface area contributed by atoms with Crippen LogP contribution in [0.4, 0.5) is 0 Å². The molecule has 0 fully saturated rings. The van der Waals surface area contributed by atoms with E-state index in [1.54, 1.807) is 0 Å². The number of rotatable bonds is 48. The zero-order valence-electron chi connectivity index (χ0n) is 39.3. The van der Waals surface area contributed by atoms with Crippen molar-refractivity contribution in [3.8, 4) is 0 Å². The van der Waals surface area contributed by atoms with Crippen molar-refractivity contribution in [1.82, 2.24) is 0 Å². The first-order chi connectivity index (χ1) is 28.5. The third kappa shape index (κ3) is 45.5. The quantitative estimate of drug-likeness (QED) is 0.0346. The summed E-state index contributed by atoms with van der Waals surface area (Å²) in [6.07, 6.45) is 50.9. The van der Waals surface area contributed by atoms with E-state index < -0.39 is 6.10 Å². The van der Waals surface area contributed by atoms with Gasteiger partial charge >= 0.3 is 17.9 Å². The maximum absolute atomic E-state index is 12.8. The number of hydrogen-bond donors (Lipinski definition) is 0. The van der Waals surface area contributed by atoms with E-state index in [0.29, 0.717) is 19.3 Å². The molecule has 0 saturated carbocycles. The van der Waals surface area contributed by atoms with Crippen LogP contribution in [-0.2, 0) is 28.6 Å². The summed E-state index contributed by atoms with van der Waals surface area (Å²) < 4.78 is 16.8. The summed E-state index contributed by atoms with van der Waals surface area (Å²) in [6.45, 7) is 6.66. The molecule has 58 heavy (non-hydrogen) atoms. The van der Waals surface area contributed by atoms with Crippen LogP contribution in [0.3, 0.4) is 0 Å². The Bertz CT molecular complexity index is 859. The lowest BCUT2D eigenvalue weighted by Gasteiger charge is -2.18. The van der Waals surface area contributed by atoms with Crippen molar-refractivity contribution in [3.63, 3.8) is 0 Å². The minimum Gasteiger partial charge on any atom is -0.462 e. The fraction of sp³-hybridized carbons (Fsp3) is 0.942. The van der Waals surface area contributed by atoms with Crippen LogP contribution in [0.15, 0.2) is 0 Å². The van der Waals surface area contributed by atoms with Crippen LogP contribution in [0, 0.1) is 0 Å². The van der Waals surface area contributed by atoms with Gasteiger partial charge in [-0.25, -0.2) is 0 Å². The molecular weight excluding hydrogens is 721 g/mol. The standard InChI is InChI=1S/C52H100O6/c1-4-7-10-13-16-19-22-23-24-25-26-27-28-29-31-34-37-40-43-46-52(55)58-49(47-56-50(53)44-41-38-35-32-21-18-15-12-9-6-3)48-57-51(54)45-42-39-36-33-30-20-17-14-11-8-5-2/h49H,4-48H2,1-3H3/t49-/m1/s1. The van der Waals surface area contributed by atoms with Crippen molar-refractivity contribution in [1.29, 1.82) is 0 Å². The van der Waals surface area contributed by atoms with Gasteiger partial charge in [-0.05, 0) is 19.3 Å². The maximum Gasteiger partial charge on any atom is 0.306 e. The molecule has 1 atom stereocenters. The summed E-state index contributed by atoms with van der Waals surface area (Å²) in [5, 5.41) is 0. The molecule has 0 aromatic heterocycles. The van der Waals surface area contributed by atoms with Gasteiger partial charge in [0.1, 0.15) is 13.2 Å². The van der Waals surface area contributed by atoms with E-state index in [0.717, 1.165) is 57.8 Å². The maximum atomic E-state index is 12.8. The highest BCUT2D eigenvalue weighted by Gasteiger charge is 2.19. The molecule has 0 rings (SSSR count). The SMILES string of the molecule is CCCCCCCCCCCCCCCCCCCCCC(=O)O[C@H](COC(=O)CCCCCCCCCCCC)COC(=O)CCCCCCCCCCCCC. The van der Waals surface area contributed by atoms with Gasteiger partial charge in [-0.1, -0.05) is 258 Å². The fourth-order valence-electron chi connectivity index (χ4n) is 7.92. The Morgan fingerprint density at radius 1 is 0.276 bits per heavy atom. The molecule has 0 spiro atoms. The second kappa shape index (κ2) is 48.1. The number of hydrogen-bond acceptors (Lipinski definition) is 6. The highest BCUT2D eigenvalue weighted by molar-refractivity contribution is 5.71. The monoisotopic (exact) mass is 821 g/mol. The van der Waals surface area contributed by atoms with Crippen LogP contribution in [0.2, 0.25) is 0 Å². The van der Waals surface area contributed by atoms with Gasteiger partial charge in [0.25, 0.3) is 0 Å². The fourth-order valence-corrected chi connectivity index (χ4v) is 7.92. The Morgan fingerprint density at radius 2 is 0.466 bits per heavy atom. The van der Waals surface area contributed by atoms with Crippen LogP contribution < -0.4 is 0 Å². The third-order valence-electron chi connectivity index (χ3n) is 11.9. The topological polar surface area (TPSA) is 78.9 Å². The Morgan fingerprint density at radius 3 is 0.690 bits per heavy atom. The molecular formula is C52H100O6. The minimum absolute atomic E-state index is 0.0622. The largest absolute Gasteiger partial charge is 0.462 e. The van der Waals surface area contributed by atoms with E-state index in [2.05, 4.69) is 20.8 Å². The van der Waals surface area contributed by atoms with Crippen molar-refractivity contribution in [2.24, 2.45) is 0 Å². The van der Waals surface area contributed by atoms with Crippen molar-refractivity contribution < 1.29 is 28.6 Å². The lowest BCUT2D eigenvalue weighted by Crippen LogP contribution is -2.30. The van der Waals surface area contributed by atoms with Crippen LogP contribution in [0.1, 0.15) is 297 Å². The zero-order chi connectivity index (χ0) is 42.3. The summed E-state index contributed by atoms with van der Waals surface area (Å²) in [5.41, 5.74) is 0. The summed E-state index contributed by atoms with van der Waals surface area (Å²) in [7, 11) is 0. The lowest BCUT2D eigenvalue weighted by molar-refractivity contribution is -0.167. The summed E-state index contributed by atoms with van der Waals surface area (Å²) in [6, 6.07) is 0. The van der Waals surface area contributed by atoms with Gasteiger partial charge < -0.3 is 14.2 Å². The second-order valence-corrected chi connectivity index (χ2v) is 17.8. The zero-order valence-corrected chi connectivity index (χ0v) is 39.3. The van der Waals surface area contributed by atoms with Crippen LogP contribution in [-0.4, -0.2) is 37.2 Å². The molecule has 0 bridgehead atoms. The van der Waals surface area contributed by atoms with E-state index in [-0.39, 0.29) is 31.1 Å². The molecule has 0 amide bonds. The first-order valence-corrected chi connectivity index (χ1v) is 26.0. The molecule has 344 valence electrons. The van der Waals surface area contributed by atoms with Crippen molar-refractivity contribution in [2.75, 3.05) is 13.2 Å². The molecule has 0 aromatic carbocycles. The van der Waals surface area contributed by atoms with Gasteiger partial charge in [-0.15, -0.1) is 0 Å². The molecule has 0 heterocycles. The highest BCUT2D eigenvalue weighted by atomic mass is 16.6. The normalized spacial score (nSPS) is 11.8. The van der Waals surface area contributed by atoms with Crippen molar-refractivity contribution in [3.05, 3.63) is 0 Å². The molecule has 0 saturated heterocycles. The van der Waals surface area contributed by atoms with Crippen LogP contribution >= 0.6 is 0 Å². The van der Waals surface area contributed by atoms with E-state index in [1.807, 2.05) is 0 Å². The molecule has 0 N–H and O–H groups in total. The minimum atomic E-state index is -0.759. The van der Waals surface area contributed by atoms with Gasteiger partial charge in [0.15, 0.2) is 6.10 Å². The molecule has 0 aliphatic rings. The second-order valence-electron chi connectivity index (χ2n) is 17.8. The van der Waals surface area contributed by atoms with Gasteiger partial charge in [0.05, 0.1) is 0 Å². The highest BCUT2D eigenvalue weighted by Crippen LogP contribution is 2.17. The van der Waals surface area contributed by atoms with Crippen LogP contribution in [0.25, 0.3) is 0 Å². The van der Waals surface area contributed by atoms with Crippen molar-refractivity contribution >= 4 is 17.9 Å². The summed E-state index contributed by atoms with van der Waals surface area (Å²) in [4.78, 5) is 37.8. The number of carbonyl (C=O) groups is 3. The first-order valence-electron chi connectivity index (χ1n) is 26.0. The molecule has 0 aliphatic heterocycles. The third-order valence-corrected chi connectivity index (χ3v) is 11.9. The van der Waals surface area contributed by atoms with Gasteiger partial charge in [0, 0.05) is 19.3 Å². The summed E-state index contributed by atoms with van der Waals surface area (Å²) >= 11 is 0. The van der Waals surface area contributed by atoms with Gasteiger partial charge in [0.2, 0.25) is 0 Å². The Kier molecular flexibility index (Phi) is 46.8. The Labute approximate surface area is 361 Å². The van der Waals surface area contributed by atoms with Gasteiger partial charge in [-0.3, -0.25) is 14.4 Å².